The van der Waals surface area contributed by atoms with E-state index in [4.69, 9.17) is 4.74 Å². The van der Waals surface area contributed by atoms with Gasteiger partial charge in [0.1, 0.15) is 11.6 Å². The van der Waals surface area contributed by atoms with Crippen molar-refractivity contribution in [1.29, 1.82) is 0 Å². The first kappa shape index (κ1) is 18.8. The van der Waals surface area contributed by atoms with Gasteiger partial charge in [-0.15, -0.1) is 11.8 Å². The molecule has 0 saturated carbocycles. The van der Waals surface area contributed by atoms with E-state index in [-0.39, 0.29) is 0 Å². The van der Waals surface area contributed by atoms with Gasteiger partial charge in [0.25, 0.3) is 0 Å². The molecule has 1 aliphatic heterocycles. The summed E-state index contributed by atoms with van der Waals surface area (Å²) in [4.78, 5) is 17.7. The van der Waals surface area contributed by atoms with Crippen molar-refractivity contribution in [2.75, 3.05) is 36.9 Å². The zero-order valence-electron chi connectivity index (χ0n) is 15.7. The molecule has 2 unspecified atom stereocenters. The van der Waals surface area contributed by atoms with Gasteiger partial charge in [-0.2, -0.15) is 0 Å². The Labute approximate surface area is 158 Å². The lowest BCUT2D eigenvalue weighted by Gasteiger charge is -2.29. The van der Waals surface area contributed by atoms with Crippen LogP contribution in [-0.2, 0) is 4.74 Å². The molecule has 2 atom stereocenters. The summed E-state index contributed by atoms with van der Waals surface area (Å²) >= 11 is 1.94. The van der Waals surface area contributed by atoms with Gasteiger partial charge in [0.05, 0.1) is 36.0 Å². The van der Waals surface area contributed by atoms with Gasteiger partial charge < -0.3 is 15.4 Å². The summed E-state index contributed by atoms with van der Waals surface area (Å²) in [5.41, 5.74) is 3.68. The van der Waals surface area contributed by atoms with E-state index in [0.29, 0.717) is 10.5 Å². The highest BCUT2D eigenvalue weighted by Crippen LogP contribution is 2.25. The van der Waals surface area contributed by atoms with E-state index in [1.807, 2.05) is 39.5 Å². The van der Waals surface area contributed by atoms with Crippen molar-refractivity contribution in [3.63, 3.8) is 0 Å². The molecule has 2 aromatic rings. The number of thioether (sulfide) groups is 1. The maximum Gasteiger partial charge on any atom is 0.147 e. The van der Waals surface area contributed by atoms with Crippen molar-refractivity contribution in [2.24, 2.45) is 0 Å². The van der Waals surface area contributed by atoms with Crippen LogP contribution < -0.4 is 10.6 Å². The third-order valence-corrected chi connectivity index (χ3v) is 5.51. The van der Waals surface area contributed by atoms with Gasteiger partial charge in [-0.25, -0.2) is 9.97 Å². The molecule has 3 rings (SSSR count). The molecule has 2 aromatic heterocycles. The molecule has 0 spiro atoms. The minimum Gasteiger partial charge on any atom is -0.379 e. The Kier molecular flexibility index (Phi) is 6.26. The average Bonchev–Trinajstić information content (AvgIpc) is 2.63. The Hall–Kier alpha value is -1.93. The van der Waals surface area contributed by atoms with Crippen LogP contribution in [0.2, 0.25) is 0 Å². The quantitative estimate of drug-likeness (QED) is 0.798. The lowest BCUT2D eigenvalue weighted by Crippen LogP contribution is -2.36. The summed E-state index contributed by atoms with van der Waals surface area (Å²) in [6.45, 7) is 11.0. The number of nitrogens with one attached hydrogen (secondary N) is 2. The second-order valence-electron chi connectivity index (χ2n) is 6.57. The van der Waals surface area contributed by atoms with E-state index in [1.165, 1.54) is 0 Å². The number of rotatable bonds is 6. The molecule has 0 bridgehead atoms. The Morgan fingerprint density at radius 2 is 1.35 bits per heavy atom. The summed E-state index contributed by atoms with van der Waals surface area (Å²) in [6.07, 6.45) is 3.58. The van der Waals surface area contributed by atoms with Gasteiger partial charge in [0.15, 0.2) is 0 Å². The molecule has 0 amide bonds. The first-order valence-corrected chi connectivity index (χ1v) is 9.77. The fourth-order valence-corrected chi connectivity index (χ4v) is 3.98. The van der Waals surface area contributed by atoms with Crippen molar-refractivity contribution < 1.29 is 4.74 Å². The number of anilines is 2. The van der Waals surface area contributed by atoms with Crippen LogP contribution in [-0.4, -0.2) is 56.7 Å². The van der Waals surface area contributed by atoms with Crippen molar-refractivity contribution >= 4 is 23.4 Å². The first-order valence-electron chi connectivity index (χ1n) is 8.82. The monoisotopic (exact) mass is 374 g/mol. The second-order valence-corrected chi connectivity index (χ2v) is 8.18. The van der Waals surface area contributed by atoms with Crippen LogP contribution in [0.15, 0.2) is 12.4 Å². The Morgan fingerprint density at radius 1 is 0.885 bits per heavy atom. The molecule has 0 aliphatic carbocycles. The molecule has 0 aromatic carbocycles. The largest absolute Gasteiger partial charge is 0.379 e. The normalized spacial score (nSPS) is 20.0. The van der Waals surface area contributed by atoms with Gasteiger partial charge in [-0.3, -0.25) is 9.97 Å². The molecule has 7 nitrogen and oxygen atoms in total. The molecule has 0 radical (unpaired) electrons. The fourth-order valence-electron chi connectivity index (χ4n) is 2.73. The Balaban J connectivity index is 1.51. The summed E-state index contributed by atoms with van der Waals surface area (Å²) in [5, 5.41) is 7.59. The molecule has 8 heteroatoms. The molecule has 3 heterocycles. The maximum absolute atomic E-state index is 5.81. The highest BCUT2D eigenvalue weighted by Gasteiger charge is 2.23. The summed E-state index contributed by atoms with van der Waals surface area (Å²) in [5.74, 6) is 1.72. The van der Waals surface area contributed by atoms with E-state index in [2.05, 4.69) is 30.6 Å². The van der Waals surface area contributed by atoms with Crippen molar-refractivity contribution in [2.45, 2.75) is 38.2 Å². The lowest BCUT2D eigenvalue weighted by atomic mass is 10.3. The van der Waals surface area contributed by atoms with Crippen molar-refractivity contribution in [3.8, 4) is 0 Å². The molecule has 1 fully saturated rings. The summed E-state index contributed by atoms with van der Waals surface area (Å²) in [6, 6.07) is 0. The lowest BCUT2D eigenvalue weighted by molar-refractivity contribution is 0.130. The minimum atomic E-state index is 0.377. The second kappa shape index (κ2) is 8.64. The van der Waals surface area contributed by atoms with Crippen LogP contribution in [0.4, 0.5) is 11.6 Å². The van der Waals surface area contributed by atoms with Crippen molar-refractivity contribution in [1.82, 2.24) is 19.9 Å². The van der Waals surface area contributed by atoms with E-state index in [1.54, 1.807) is 12.4 Å². The van der Waals surface area contributed by atoms with E-state index < -0.39 is 0 Å². The van der Waals surface area contributed by atoms with Crippen molar-refractivity contribution in [3.05, 3.63) is 35.2 Å². The zero-order chi connectivity index (χ0) is 18.5. The van der Waals surface area contributed by atoms with Crippen LogP contribution in [0.1, 0.15) is 22.8 Å². The van der Waals surface area contributed by atoms with Crippen LogP contribution in [0, 0.1) is 27.7 Å². The Bertz CT molecular complexity index is 695. The topological polar surface area (TPSA) is 84.9 Å². The van der Waals surface area contributed by atoms with Crippen LogP contribution >= 0.6 is 11.8 Å². The molecule has 140 valence electrons. The van der Waals surface area contributed by atoms with Crippen LogP contribution in [0.25, 0.3) is 0 Å². The van der Waals surface area contributed by atoms with Gasteiger partial charge in [-0.05, 0) is 27.7 Å². The van der Waals surface area contributed by atoms with Gasteiger partial charge >= 0.3 is 0 Å². The SMILES string of the molecule is Cc1cnc(C)c(NCC2COCC(CNc3nc(C)cnc3C)S2)n1. The van der Waals surface area contributed by atoms with Gasteiger partial charge in [0.2, 0.25) is 0 Å². The number of nitrogens with zero attached hydrogens (tertiary/aromatic N) is 4. The predicted molar refractivity (Wildman–Crippen MR) is 106 cm³/mol. The molecular formula is C18H26N6OS. The first-order chi connectivity index (χ1) is 12.5. The average molecular weight is 375 g/mol. The highest BCUT2D eigenvalue weighted by atomic mass is 32.2. The highest BCUT2D eigenvalue weighted by molar-refractivity contribution is 8.00. The third-order valence-electron chi connectivity index (χ3n) is 4.14. The van der Waals surface area contributed by atoms with E-state index in [9.17, 15) is 0 Å². The van der Waals surface area contributed by atoms with Gasteiger partial charge in [0, 0.05) is 36.0 Å². The predicted octanol–water partition coefficient (Wildman–Crippen LogP) is 2.52. The number of ether oxygens (including phenoxy) is 1. The van der Waals surface area contributed by atoms with Crippen LogP contribution in [0.5, 0.6) is 0 Å². The number of aryl methyl sites for hydroxylation is 4. The molecule has 26 heavy (non-hydrogen) atoms. The number of hydrogen-bond acceptors (Lipinski definition) is 8. The maximum atomic E-state index is 5.81. The fraction of sp³-hybridized carbons (Fsp3) is 0.556. The summed E-state index contributed by atoms with van der Waals surface area (Å²) in [7, 11) is 0. The zero-order valence-corrected chi connectivity index (χ0v) is 16.6. The Morgan fingerprint density at radius 3 is 1.81 bits per heavy atom. The summed E-state index contributed by atoms with van der Waals surface area (Å²) < 4.78 is 5.81. The van der Waals surface area contributed by atoms with E-state index in [0.717, 1.165) is 60.7 Å². The third kappa shape index (κ3) is 5.04. The number of aromatic nitrogens is 4. The number of hydrogen-bond donors (Lipinski definition) is 2. The molecule has 1 aliphatic rings. The minimum absolute atomic E-state index is 0.377. The molecule has 2 N–H and O–H groups in total. The smallest absolute Gasteiger partial charge is 0.147 e. The van der Waals surface area contributed by atoms with E-state index >= 15 is 0 Å². The van der Waals surface area contributed by atoms with Gasteiger partial charge in [-0.1, -0.05) is 0 Å². The molecular weight excluding hydrogens is 348 g/mol. The molecule has 1 saturated heterocycles. The standard InChI is InChI=1S/C18H26N6OS/c1-11-5-19-13(3)17(23-11)21-7-15-9-25-10-16(26-15)8-22-18-14(4)20-6-12(2)24-18/h5-6,15-16H,7-10H2,1-4H3,(H,21,23)(H,22,24). The van der Waals surface area contributed by atoms with Crippen LogP contribution in [0.3, 0.4) is 0 Å².